The molecule has 0 saturated heterocycles. The van der Waals surface area contributed by atoms with Crippen molar-refractivity contribution in [1.82, 2.24) is 25.2 Å². The van der Waals surface area contributed by atoms with Crippen molar-refractivity contribution in [3.05, 3.63) is 53.0 Å². The van der Waals surface area contributed by atoms with Gasteiger partial charge in [0.1, 0.15) is 17.9 Å². The van der Waals surface area contributed by atoms with Gasteiger partial charge in [-0.1, -0.05) is 30.3 Å². The van der Waals surface area contributed by atoms with E-state index in [-0.39, 0.29) is 12.1 Å². The van der Waals surface area contributed by atoms with E-state index in [0.29, 0.717) is 43.6 Å². The number of ether oxygens (including phenoxy) is 1. The Morgan fingerprint density at radius 2 is 2.03 bits per heavy atom. The molecule has 0 radical (unpaired) electrons. The number of hydrogen-bond donors (Lipinski definition) is 3. The van der Waals surface area contributed by atoms with Gasteiger partial charge >= 0.3 is 6.03 Å². The van der Waals surface area contributed by atoms with Crippen LogP contribution in [0.15, 0.2) is 30.3 Å². The molecule has 170 valence electrons. The first-order chi connectivity index (χ1) is 15.5. The second-order valence-electron chi connectivity index (χ2n) is 8.33. The van der Waals surface area contributed by atoms with Crippen molar-refractivity contribution in [2.75, 3.05) is 18.9 Å². The summed E-state index contributed by atoms with van der Waals surface area (Å²) in [5.74, 6) is 1.69. The van der Waals surface area contributed by atoms with E-state index in [9.17, 15) is 4.79 Å². The number of nitrogens with zero attached hydrogens (tertiary/aromatic N) is 3. The molecule has 8 heteroatoms. The summed E-state index contributed by atoms with van der Waals surface area (Å²) >= 11 is 0. The molecule has 4 rings (SSSR count). The zero-order valence-electron chi connectivity index (χ0n) is 19.0. The van der Waals surface area contributed by atoms with E-state index in [1.807, 2.05) is 39.0 Å². The molecule has 1 aliphatic carbocycles. The van der Waals surface area contributed by atoms with E-state index in [4.69, 9.17) is 15.5 Å². The number of fused-ring (bicyclic) bond motifs is 1. The number of imidazole rings is 1. The largest absolute Gasteiger partial charge is 0.382 e. The number of nitrogens with one attached hydrogen (secondary N) is 2. The average Bonchev–Trinajstić information content (AvgIpc) is 3.45. The standard InChI is InChI=1S/C24H32N6O2/c1-4-32-14-20-29-21-22(15(2)16(3)27-23(21)25)30(20)12-8-11-26-24(31)28-19-13-18(19)17-9-6-5-7-10-17/h5-7,9-10,18-19H,4,8,11-14H2,1-3H3,(H2,25,27)(H2,26,28,31)/t18-,19+/m0/s1. The molecule has 32 heavy (non-hydrogen) atoms. The first kappa shape index (κ1) is 22.1. The van der Waals surface area contributed by atoms with E-state index < -0.39 is 0 Å². The molecule has 0 spiro atoms. The Kier molecular flexibility index (Phi) is 6.60. The van der Waals surface area contributed by atoms with Crippen molar-refractivity contribution in [3.63, 3.8) is 0 Å². The van der Waals surface area contributed by atoms with Gasteiger partial charge < -0.3 is 25.7 Å². The fourth-order valence-electron chi connectivity index (χ4n) is 4.17. The molecule has 8 nitrogen and oxygen atoms in total. The Bertz CT molecular complexity index is 1100. The molecule has 0 aliphatic heterocycles. The van der Waals surface area contributed by atoms with Gasteiger partial charge in [0.05, 0.1) is 5.52 Å². The first-order valence-electron chi connectivity index (χ1n) is 11.3. The lowest BCUT2D eigenvalue weighted by Gasteiger charge is -2.13. The highest BCUT2D eigenvalue weighted by Gasteiger charge is 2.39. The van der Waals surface area contributed by atoms with Crippen molar-refractivity contribution in [2.24, 2.45) is 0 Å². The number of nitrogens with two attached hydrogens (primary N) is 1. The third kappa shape index (κ3) is 4.70. The van der Waals surface area contributed by atoms with Crippen LogP contribution >= 0.6 is 0 Å². The van der Waals surface area contributed by atoms with Crippen LogP contribution in [0, 0.1) is 13.8 Å². The highest BCUT2D eigenvalue weighted by Crippen LogP contribution is 2.40. The smallest absolute Gasteiger partial charge is 0.315 e. The SMILES string of the molecule is CCOCc1nc2c(N)nc(C)c(C)c2n1CCCNC(=O)N[C@@H]1C[C@H]1c1ccccc1. The van der Waals surface area contributed by atoms with Crippen LogP contribution in [0.3, 0.4) is 0 Å². The number of amides is 2. The highest BCUT2D eigenvalue weighted by molar-refractivity contribution is 5.88. The topological polar surface area (TPSA) is 107 Å². The second-order valence-corrected chi connectivity index (χ2v) is 8.33. The fraction of sp³-hybridized carbons (Fsp3) is 0.458. The summed E-state index contributed by atoms with van der Waals surface area (Å²) in [6, 6.07) is 10.4. The van der Waals surface area contributed by atoms with Gasteiger partial charge in [-0.05, 0) is 44.7 Å². The van der Waals surface area contributed by atoms with Gasteiger partial charge in [0.15, 0.2) is 5.82 Å². The summed E-state index contributed by atoms with van der Waals surface area (Å²) in [4.78, 5) is 21.4. The number of aryl methyl sites for hydroxylation is 3. The Labute approximate surface area is 188 Å². The minimum absolute atomic E-state index is 0.112. The predicted octanol–water partition coefficient (Wildman–Crippen LogP) is 3.41. The van der Waals surface area contributed by atoms with Gasteiger partial charge in [0, 0.05) is 37.4 Å². The Balaban J connectivity index is 1.34. The molecule has 2 amide bonds. The second kappa shape index (κ2) is 9.56. The van der Waals surface area contributed by atoms with Gasteiger partial charge in [0.25, 0.3) is 0 Å². The third-order valence-electron chi connectivity index (χ3n) is 6.09. The Hall–Kier alpha value is -3.13. The molecular weight excluding hydrogens is 404 g/mol. The Morgan fingerprint density at radius 3 is 2.78 bits per heavy atom. The van der Waals surface area contributed by atoms with Crippen molar-refractivity contribution in [3.8, 4) is 0 Å². The molecule has 0 bridgehead atoms. The molecule has 1 aliphatic rings. The monoisotopic (exact) mass is 436 g/mol. The van der Waals surface area contributed by atoms with Crippen LogP contribution in [0.1, 0.15) is 48.3 Å². The number of anilines is 1. The zero-order valence-corrected chi connectivity index (χ0v) is 19.0. The first-order valence-corrected chi connectivity index (χ1v) is 11.3. The number of benzene rings is 1. The number of urea groups is 1. The summed E-state index contributed by atoms with van der Waals surface area (Å²) < 4.78 is 7.77. The molecule has 2 atom stereocenters. The maximum Gasteiger partial charge on any atom is 0.315 e. The van der Waals surface area contributed by atoms with Crippen molar-refractivity contribution >= 4 is 22.9 Å². The van der Waals surface area contributed by atoms with Gasteiger partial charge in [0.2, 0.25) is 0 Å². The summed E-state index contributed by atoms with van der Waals surface area (Å²) in [5.41, 5.74) is 11.1. The van der Waals surface area contributed by atoms with Crippen LogP contribution in [0.25, 0.3) is 11.0 Å². The molecule has 1 saturated carbocycles. The average molecular weight is 437 g/mol. The van der Waals surface area contributed by atoms with Gasteiger partial charge in [-0.3, -0.25) is 0 Å². The maximum absolute atomic E-state index is 12.3. The lowest BCUT2D eigenvalue weighted by Crippen LogP contribution is -2.38. The summed E-state index contributed by atoms with van der Waals surface area (Å²) in [7, 11) is 0. The number of aromatic nitrogens is 3. The summed E-state index contributed by atoms with van der Waals surface area (Å²) in [6.45, 7) is 8.26. The third-order valence-corrected chi connectivity index (χ3v) is 6.09. The minimum Gasteiger partial charge on any atom is -0.382 e. The van der Waals surface area contributed by atoms with Crippen LogP contribution in [-0.4, -0.2) is 39.8 Å². The zero-order chi connectivity index (χ0) is 22.7. The van der Waals surface area contributed by atoms with Gasteiger partial charge in [-0.25, -0.2) is 14.8 Å². The van der Waals surface area contributed by atoms with Crippen LogP contribution in [0.5, 0.6) is 0 Å². The predicted molar refractivity (Wildman–Crippen MR) is 125 cm³/mol. The molecule has 0 unspecified atom stereocenters. The molecule has 4 N–H and O–H groups in total. The van der Waals surface area contributed by atoms with Crippen molar-refractivity contribution in [2.45, 2.75) is 58.7 Å². The molecule has 3 aromatic rings. The fourth-order valence-corrected chi connectivity index (χ4v) is 4.17. The van der Waals surface area contributed by atoms with E-state index in [1.165, 1.54) is 5.56 Å². The van der Waals surface area contributed by atoms with E-state index >= 15 is 0 Å². The van der Waals surface area contributed by atoms with E-state index in [1.54, 1.807) is 0 Å². The number of pyridine rings is 1. The normalized spacial score (nSPS) is 17.5. The van der Waals surface area contributed by atoms with E-state index in [0.717, 1.165) is 35.4 Å². The summed E-state index contributed by atoms with van der Waals surface area (Å²) in [6.07, 6.45) is 1.76. The van der Waals surface area contributed by atoms with Gasteiger partial charge in [-0.2, -0.15) is 0 Å². The molecule has 2 heterocycles. The summed E-state index contributed by atoms with van der Waals surface area (Å²) in [5, 5.41) is 6.06. The number of hydrogen-bond acceptors (Lipinski definition) is 5. The molecule has 2 aromatic heterocycles. The molecule has 1 fully saturated rings. The maximum atomic E-state index is 12.3. The highest BCUT2D eigenvalue weighted by atomic mass is 16.5. The van der Waals surface area contributed by atoms with Crippen LogP contribution < -0.4 is 16.4 Å². The van der Waals surface area contributed by atoms with Crippen molar-refractivity contribution in [1.29, 1.82) is 0 Å². The molecule has 1 aromatic carbocycles. The minimum atomic E-state index is -0.112. The van der Waals surface area contributed by atoms with Crippen LogP contribution in [0.4, 0.5) is 10.6 Å². The lowest BCUT2D eigenvalue weighted by atomic mass is 10.1. The van der Waals surface area contributed by atoms with E-state index in [2.05, 4.69) is 32.3 Å². The number of rotatable bonds is 9. The number of carbonyl (C=O) groups excluding carboxylic acids is 1. The van der Waals surface area contributed by atoms with Crippen molar-refractivity contribution < 1.29 is 9.53 Å². The van der Waals surface area contributed by atoms with Gasteiger partial charge in [-0.15, -0.1) is 0 Å². The number of nitrogen functional groups attached to an aromatic ring is 1. The lowest BCUT2D eigenvalue weighted by molar-refractivity contribution is 0.126. The number of carbonyl (C=O) groups is 1. The molecular formula is C24H32N6O2. The van der Waals surface area contributed by atoms with Crippen LogP contribution in [0.2, 0.25) is 0 Å². The quantitative estimate of drug-likeness (QED) is 0.446. The van der Waals surface area contributed by atoms with Crippen LogP contribution in [-0.2, 0) is 17.9 Å². The Morgan fingerprint density at radius 1 is 1.25 bits per heavy atom.